The van der Waals surface area contributed by atoms with Crippen molar-refractivity contribution in [3.8, 4) is 0 Å². The lowest BCUT2D eigenvalue weighted by Crippen LogP contribution is -2.05. The Bertz CT molecular complexity index is 360. The summed E-state index contributed by atoms with van der Waals surface area (Å²) in [4.78, 5) is 18.0. The van der Waals surface area contributed by atoms with Gasteiger partial charge in [0.2, 0.25) is 0 Å². The standard InChI is InChI=1S/C11H14N2OS/c1-9(14)10(8-13(2)3)15-11-6-4-5-7-12-11/h4-8H,1-3H3. The molecular formula is C11H14N2OS. The molecule has 1 heterocycles. The molecule has 0 aliphatic carbocycles. The van der Waals surface area contributed by atoms with E-state index in [1.807, 2.05) is 43.4 Å². The van der Waals surface area contributed by atoms with E-state index in [9.17, 15) is 4.79 Å². The minimum absolute atomic E-state index is 0.0550. The van der Waals surface area contributed by atoms with Crippen molar-refractivity contribution in [1.29, 1.82) is 0 Å². The van der Waals surface area contributed by atoms with Gasteiger partial charge < -0.3 is 4.90 Å². The molecule has 0 bridgehead atoms. The van der Waals surface area contributed by atoms with E-state index in [1.165, 1.54) is 11.8 Å². The van der Waals surface area contributed by atoms with Crippen LogP contribution in [-0.2, 0) is 4.79 Å². The number of nitrogens with zero attached hydrogens (tertiary/aromatic N) is 2. The molecule has 0 saturated heterocycles. The van der Waals surface area contributed by atoms with Crippen molar-refractivity contribution >= 4 is 17.5 Å². The number of pyridine rings is 1. The number of allylic oxidation sites excluding steroid dienone is 1. The molecule has 3 nitrogen and oxygen atoms in total. The highest BCUT2D eigenvalue weighted by atomic mass is 32.2. The number of carbonyl (C=O) groups is 1. The van der Waals surface area contributed by atoms with E-state index < -0.39 is 0 Å². The average Bonchev–Trinajstić information content (AvgIpc) is 2.17. The lowest BCUT2D eigenvalue weighted by molar-refractivity contribution is -0.113. The van der Waals surface area contributed by atoms with Gasteiger partial charge in [0.15, 0.2) is 5.78 Å². The quantitative estimate of drug-likeness (QED) is 0.577. The highest BCUT2D eigenvalue weighted by Crippen LogP contribution is 2.24. The first-order valence-electron chi connectivity index (χ1n) is 4.57. The maximum Gasteiger partial charge on any atom is 0.167 e. The van der Waals surface area contributed by atoms with Crippen molar-refractivity contribution in [2.75, 3.05) is 14.1 Å². The molecule has 1 aromatic heterocycles. The van der Waals surface area contributed by atoms with Crippen LogP contribution in [0.5, 0.6) is 0 Å². The fraction of sp³-hybridized carbons (Fsp3) is 0.273. The van der Waals surface area contributed by atoms with Crippen molar-refractivity contribution in [3.05, 3.63) is 35.5 Å². The highest BCUT2D eigenvalue weighted by molar-refractivity contribution is 8.03. The highest BCUT2D eigenvalue weighted by Gasteiger charge is 2.07. The molecule has 15 heavy (non-hydrogen) atoms. The molecule has 0 aliphatic rings. The van der Waals surface area contributed by atoms with Crippen LogP contribution < -0.4 is 0 Å². The first-order chi connectivity index (χ1) is 7.09. The number of Topliss-reactive ketones (excluding diaryl/α,β-unsaturated/α-hetero) is 1. The van der Waals surface area contributed by atoms with Gasteiger partial charge in [-0.2, -0.15) is 0 Å². The van der Waals surface area contributed by atoms with E-state index in [1.54, 1.807) is 13.1 Å². The van der Waals surface area contributed by atoms with Gasteiger partial charge in [-0.15, -0.1) is 0 Å². The Labute approximate surface area is 94.2 Å². The van der Waals surface area contributed by atoms with Gasteiger partial charge in [-0.3, -0.25) is 4.79 Å². The molecule has 0 saturated carbocycles. The maximum atomic E-state index is 11.3. The topological polar surface area (TPSA) is 33.2 Å². The molecule has 0 atom stereocenters. The molecule has 80 valence electrons. The largest absolute Gasteiger partial charge is 0.382 e. The van der Waals surface area contributed by atoms with Crippen molar-refractivity contribution in [3.63, 3.8) is 0 Å². The summed E-state index contributed by atoms with van der Waals surface area (Å²) in [6.45, 7) is 1.56. The van der Waals surface area contributed by atoms with Gasteiger partial charge in [0, 0.05) is 26.5 Å². The third-order valence-corrected chi connectivity index (χ3v) is 2.64. The zero-order valence-corrected chi connectivity index (χ0v) is 9.91. The van der Waals surface area contributed by atoms with Crippen LogP contribution in [0.1, 0.15) is 6.92 Å². The third-order valence-electron chi connectivity index (χ3n) is 1.57. The van der Waals surface area contributed by atoms with Crippen molar-refractivity contribution in [2.24, 2.45) is 0 Å². The summed E-state index contributed by atoms with van der Waals surface area (Å²) in [5, 5.41) is 0.834. The summed E-state index contributed by atoms with van der Waals surface area (Å²) in [6.07, 6.45) is 3.53. The van der Waals surface area contributed by atoms with Crippen LogP contribution in [0.4, 0.5) is 0 Å². The Hall–Kier alpha value is -1.29. The number of aromatic nitrogens is 1. The molecule has 1 aromatic rings. The molecule has 0 amide bonds. The van der Waals surface area contributed by atoms with Crippen molar-refractivity contribution in [1.82, 2.24) is 9.88 Å². The summed E-state index contributed by atoms with van der Waals surface area (Å²) < 4.78 is 0. The van der Waals surface area contributed by atoms with Gasteiger partial charge in [0.05, 0.1) is 4.91 Å². The average molecular weight is 222 g/mol. The van der Waals surface area contributed by atoms with E-state index in [0.29, 0.717) is 4.91 Å². The molecule has 0 unspecified atom stereocenters. The van der Waals surface area contributed by atoms with Crippen LogP contribution in [0.2, 0.25) is 0 Å². The molecule has 0 spiro atoms. The van der Waals surface area contributed by atoms with Crippen LogP contribution >= 0.6 is 11.8 Å². The van der Waals surface area contributed by atoms with E-state index in [4.69, 9.17) is 0 Å². The third kappa shape index (κ3) is 4.16. The fourth-order valence-corrected chi connectivity index (χ4v) is 1.84. The molecule has 1 rings (SSSR count). The van der Waals surface area contributed by atoms with Gasteiger partial charge in [-0.1, -0.05) is 17.8 Å². The Morgan fingerprint density at radius 1 is 1.47 bits per heavy atom. The molecule has 0 aliphatic heterocycles. The minimum atomic E-state index is 0.0550. The van der Waals surface area contributed by atoms with Crippen LogP contribution in [0.3, 0.4) is 0 Å². The number of ketones is 1. The van der Waals surface area contributed by atoms with Crippen LogP contribution in [0.15, 0.2) is 40.5 Å². The second kappa shape index (κ2) is 5.56. The van der Waals surface area contributed by atoms with E-state index in [2.05, 4.69) is 4.98 Å². The summed E-state index contributed by atoms with van der Waals surface area (Å²) in [6, 6.07) is 5.65. The number of thioether (sulfide) groups is 1. The lowest BCUT2D eigenvalue weighted by Gasteiger charge is -2.08. The Balaban J connectivity index is 2.81. The fourth-order valence-electron chi connectivity index (χ4n) is 0.944. The Kier molecular flexibility index (Phi) is 4.37. The normalized spacial score (nSPS) is 11.3. The van der Waals surface area contributed by atoms with Crippen molar-refractivity contribution in [2.45, 2.75) is 11.9 Å². The predicted molar refractivity (Wildman–Crippen MR) is 62.5 cm³/mol. The minimum Gasteiger partial charge on any atom is -0.382 e. The number of hydrogen-bond acceptors (Lipinski definition) is 4. The summed E-state index contributed by atoms with van der Waals surface area (Å²) in [5.74, 6) is 0.0550. The lowest BCUT2D eigenvalue weighted by atomic mass is 10.4. The smallest absolute Gasteiger partial charge is 0.167 e. The summed E-state index contributed by atoms with van der Waals surface area (Å²) in [5.41, 5.74) is 0. The molecule has 0 aromatic carbocycles. The maximum absolute atomic E-state index is 11.3. The van der Waals surface area contributed by atoms with E-state index in [-0.39, 0.29) is 5.78 Å². The zero-order chi connectivity index (χ0) is 11.3. The molecule has 0 radical (unpaired) electrons. The van der Waals surface area contributed by atoms with Gasteiger partial charge in [0.1, 0.15) is 5.03 Å². The summed E-state index contributed by atoms with van der Waals surface area (Å²) >= 11 is 1.38. The predicted octanol–water partition coefficient (Wildman–Crippen LogP) is 2.17. The van der Waals surface area contributed by atoms with E-state index in [0.717, 1.165) is 5.03 Å². The SMILES string of the molecule is CC(=O)C(=CN(C)C)Sc1ccccn1. The number of carbonyl (C=O) groups excluding carboxylic acids is 1. The van der Waals surface area contributed by atoms with Crippen LogP contribution in [0.25, 0.3) is 0 Å². The van der Waals surface area contributed by atoms with Gasteiger partial charge >= 0.3 is 0 Å². The summed E-state index contributed by atoms with van der Waals surface area (Å²) in [7, 11) is 3.78. The zero-order valence-electron chi connectivity index (χ0n) is 9.10. The second-order valence-corrected chi connectivity index (χ2v) is 4.35. The Morgan fingerprint density at radius 3 is 2.67 bits per heavy atom. The van der Waals surface area contributed by atoms with Crippen LogP contribution in [0, 0.1) is 0 Å². The Morgan fingerprint density at radius 2 is 2.20 bits per heavy atom. The second-order valence-electron chi connectivity index (χ2n) is 3.28. The molecule has 0 N–H and O–H groups in total. The number of rotatable bonds is 4. The van der Waals surface area contributed by atoms with Gasteiger partial charge in [-0.25, -0.2) is 4.98 Å². The van der Waals surface area contributed by atoms with Gasteiger partial charge in [-0.05, 0) is 19.1 Å². The first-order valence-corrected chi connectivity index (χ1v) is 5.39. The van der Waals surface area contributed by atoms with Crippen molar-refractivity contribution < 1.29 is 4.79 Å². The monoisotopic (exact) mass is 222 g/mol. The molecule has 4 heteroatoms. The molecular weight excluding hydrogens is 208 g/mol. The van der Waals surface area contributed by atoms with E-state index >= 15 is 0 Å². The van der Waals surface area contributed by atoms with Gasteiger partial charge in [0.25, 0.3) is 0 Å². The molecule has 0 fully saturated rings. The number of hydrogen-bond donors (Lipinski definition) is 0. The first kappa shape index (κ1) is 11.8. The van der Waals surface area contributed by atoms with Crippen LogP contribution in [-0.4, -0.2) is 29.8 Å².